The van der Waals surface area contributed by atoms with Crippen molar-refractivity contribution in [3.05, 3.63) is 23.3 Å². The lowest BCUT2D eigenvalue weighted by Gasteiger charge is -2.29. The van der Waals surface area contributed by atoms with E-state index < -0.39 is 0 Å². The van der Waals surface area contributed by atoms with Crippen molar-refractivity contribution in [3.63, 3.8) is 0 Å². The molecular weight excluding hydrogens is 168 g/mol. The van der Waals surface area contributed by atoms with E-state index in [4.69, 9.17) is 0 Å². The summed E-state index contributed by atoms with van der Waals surface area (Å²) in [5, 5.41) is 0. The van der Waals surface area contributed by atoms with E-state index in [0.717, 1.165) is 11.8 Å². The molecule has 14 heavy (non-hydrogen) atoms. The molecule has 0 aromatic rings. The molecule has 0 heteroatoms. The van der Waals surface area contributed by atoms with E-state index in [1.807, 2.05) is 13.8 Å². The molecule has 0 nitrogen and oxygen atoms in total. The molecule has 0 spiro atoms. The molecule has 1 fully saturated rings. The lowest BCUT2D eigenvalue weighted by molar-refractivity contribution is 0.522. The van der Waals surface area contributed by atoms with Gasteiger partial charge in [-0.1, -0.05) is 39.8 Å². The molecule has 0 radical (unpaired) electrons. The highest BCUT2D eigenvalue weighted by atomic mass is 14.3. The average Bonchev–Trinajstić information content (AvgIpc) is 2.21. The minimum atomic E-state index is 0.786. The highest BCUT2D eigenvalue weighted by molar-refractivity contribution is 5.37. The van der Waals surface area contributed by atoms with Gasteiger partial charge in [-0.15, -0.1) is 0 Å². The van der Waals surface area contributed by atoms with Gasteiger partial charge in [-0.05, 0) is 48.7 Å². The molecule has 2 aliphatic carbocycles. The third-order valence-corrected chi connectivity index (χ3v) is 3.18. The Bertz CT molecular complexity index is 232. The molecule has 2 atom stereocenters. The monoisotopic (exact) mass is 192 g/mol. The molecule has 0 aliphatic heterocycles. The highest BCUT2D eigenvalue weighted by Crippen LogP contribution is 2.37. The second-order valence-corrected chi connectivity index (χ2v) is 4.36. The topological polar surface area (TPSA) is 0 Å². The summed E-state index contributed by atoms with van der Waals surface area (Å²) in [6, 6.07) is 0. The van der Waals surface area contributed by atoms with E-state index in [1.165, 1.54) is 25.7 Å². The van der Waals surface area contributed by atoms with Crippen LogP contribution >= 0.6 is 0 Å². The zero-order valence-corrected chi connectivity index (χ0v) is 10.1. The van der Waals surface area contributed by atoms with Gasteiger partial charge in [-0.2, -0.15) is 0 Å². The normalized spacial score (nSPS) is 30.6. The van der Waals surface area contributed by atoms with Crippen molar-refractivity contribution < 1.29 is 0 Å². The number of hydrogen-bond donors (Lipinski definition) is 0. The van der Waals surface area contributed by atoms with Crippen LogP contribution in [0.3, 0.4) is 0 Å². The Morgan fingerprint density at radius 3 is 2.64 bits per heavy atom. The maximum Gasteiger partial charge on any atom is -0.0191 e. The van der Waals surface area contributed by atoms with Crippen LogP contribution in [0.25, 0.3) is 0 Å². The Hall–Kier alpha value is -0.520. The maximum atomic E-state index is 2.49. The molecule has 80 valence electrons. The third kappa shape index (κ3) is 2.50. The molecule has 0 aromatic carbocycles. The zero-order valence-electron chi connectivity index (χ0n) is 10.1. The van der Waals surface area contributed by atoms with E-state index in [-0.39, 0.29) is 0 Å². The Labute approximate surface area is 89.1 Å². The number of hydrogen-bond acceptors (Lipinski definition) is 0. The quantitative estimate of drug-likeness (QED) is 0.520. The molecule has 0 bridgehead atoms. The van der Waals surface area contributed by atoms with Crippen molar-refractivity contribution in [1.82, 2.24) is 0 Å². The number of fused-ring (bicyclic) bond motifs is 1. The molecule has 2 aliphatic rings. The SMILES string of the molecule is CC.CC1C=C2CCCC(C)C2=CC1. The summed E-state index contributed by atoms with van der Waals surface area (Å²) in [5.74, 6) is 1.62. The molecule has 2 unspecified atom stereocenters. The van der Waals surface area contributed by atoms with E-state index in [2.05, 4.69) is 26.0 Å². The van der Waals surface area contributed by atoms with Crippen molar-refractivity contribution in [3.8, 4) is 0 Å². The molecule has 1 saturated carbocycles. The van der Waals surface area contributed by atoms with Crippen LogP contribution in [0, 0.1) is 11.8 Å². The minimum absolute atomic E-state index is 0.786. The van der Waals surface area contributed by atoms with Crippen LogP contribution < -0.4 is 0 Å². The first-order valence-electron chi connectivity index (χ1n) is 6.18. The van der Waals surface area contributed by atoms with Crippen LogP contribution in [0.4, 0.5) is 0 Å². The average molecular weight is 192 g/mol. The fraction of sp³-hybridized carbons (Fsp3) is 0.714. The van der Waals surface area contributed by atoms with E-state index in [9.17, 15) is 0 Å². The molecule has 2 rings (SSSR count). The number of rotatable bonds is 0. The summed E-state index contributed by atoms with van der Waals surface area (Å²) in [6.45, 7) is 8.69. The minimum Gasteiger partial charge on any atom is -0.0802 e. The van der Waals surface area contributed by atoms with Gasteiger partial charge in [0.05, 0.1) is 0 Å². The van der Waals surface area contributed by atoms with Crippen molar-refractivity contribution in [1.29, 1.82) is 0 Å². The first-order chi connectivity index (χ1) is 6.77. The first-order valence-corrected chi connectivity index (χ1v) is 6.18. The van der Waals surface area contributed by atoms with Gasteiger partial charge in [0.1, 0.15) is 0 Å². The van der Waals surface area contributed by atoms with Crippen molar-refractivity contribution >= 4 is 0 Å². The van der Waals surface area contributed by atoms with E-state index in [1.54, 1.807) is 11.1 Å². The number of allylic oxidation sites excluding steroid dienone is 4. The molecule has 0 aromatic heterocycles. The summed E-state index contributed by atoms with van der Waals surface area (Å²) >= 11 is 0. The zero-order chi connectivity index (χ0) is 10.6. The van der Waals surface area contributed by atoms with Crippen molar-refractivity contribution in [2.24, 2.45) is 11.8 Å². The summed E-state index contributed by atoms with van der Waals surface area (Å²) in [7, 11) is 0. The second kappa shape index (κ2) is 5.38. The van der Waals surface area contributed by atoms with Crippen LogP contribution in [0.5, 0.6) is 0 Å². The van der Waals surface area contributed by atoms with Gasteiger partial charge in [0.25, 0.3) is 0 Å². The fourth-order valence-corrected chi connectivity index (χ4v) is 2.45. The van der Waals surface area contributed by atoms with Gasteiger partial charge in [0.15, 0.2) is 0 Å². The summed E-state index contributed by atoms with van der Waals surface area (Å²) < 4.78 is 0. The van der Waals surface area contributed by atoms with Gasteiger partial charge in [-0.25, -0.2) is 0 Å². The lowest BCUT2D eigenvalue weighted by Crippen LogP contribution is -2.13. The van der Waals surface area contributed by atoms with Crippen molar-refractivity contribution in [2.75, 3.05) is 0 Å². The Morgan fingerprint density at radius 1 is 1.21 bits per heavy atom. The van der Waals surface area contributed by atoms with Gasteiger partial charge < -0.3 is 0 Å². The van der Waals surface area contributed by atoms with Crippen LogP contribution in [0.15, 0.2) is 23.3 Å². The van der Waals surface area contributed by atoms with Crippen molar-refractivity contribution in [2.45, 2.75) is 53.4 Å². The van der Waals surface area contributed by atoms with Gasteiger partial charge >= 0.3 is 0 Å². The van der Waals surface area contributed by atoms with Gasteiger partial charge in [0, 0.05) is 0 Å². The first kappa shape index (κ1) is 11.6. The summed E-state index contributed by atoms with van der Waals surface area (Å²) in [6.07, 6.45) is 10.4. The van der Waals surface area contributed by atoms with Crippen LogP contribution in [0.1, 0.15) is 53.4 Å². The predicted molar refractivity (Wildman–Crippen MR) is 64.3 cm³/mol. The third-order valence-electron chi connectivity index (χ3n) is 3.18. The predicted octanol–water partition coefficient (Wildman–Crippen LogP) is 4.73. The van der Waals surface area contributed by atoms with E-state index >= 15 is 0 Å². The van der Waals surface area contributed by atoms with Crippen LogP contribution in [-0.4, -0.2) is 0 Å². The fourth-order valence-electron chi connectivity index (χ4n) is 2.45. The highest BCUT2D eigenvalue weighted by Gasteiger charge is 2.21. The molecule has 0 heterocycles. The molecule has 0 saturated heterocycles. The Balaban J connectivity index is 0.000000461. The Kier molecular flexibility index (Phi) is 4.44. The molecule has 0 N–H and O–H groups in total. The molecule has 0 amide bonds. The Morgan fingerprint density at radius 2 is 1.93 bits per heavy atom. The maximum absolute atomic E-state index is 2.49. The van der Waals surface area contributed by atoms with Gasteiger partial charge in [0.2, 0.25) is 0 Å². The van der Waals surface area contributed by atoms with Gasteiger partial charge in [-0.3, -0.25) is 0 Å². The largest absolute Gasteiger partial charge is 0.0802 e. The summed E-state index contributed by atoms with van der Waals surface area (Å²) in [5.41, 5.74) is 3.33. The van der Waals surface area contributed by atoms with Crippen LogP contribution in [-0.2, 0) is 0 Å². The standard InChI is InChI=1S/C12H18.C2H6/c1-9-6-7-12-10(2)4-3-5-11(12)8-9;1-2/h7-10H,3-6H2,1-2H3;1-2H3. The lowest BCUT2D eigenvalue weighted by atomic mass is 9.77. The smallest absolute Gasteiger partial charge is 0.0191 e. The van der Waals surface area contributed by atoms with E-state index in [0.29, 0.717) is 0 Å². The van der Waals surface area contributed by atoms with Crippen LogP contribution in [0.2, 0.25) is 0 Å². The second-order valence-electron chi connectivity index (χ2n) is 4.36. The molecular formula is C14H24. The summed E-state index contributed by atoms with van der Waals surface area (Å²) in [4.78, 5) is 0.